The third-order valence-corrected chi connectivity index (χ3v) is 5.72. The minimum Gasteiger partial charge on any atom is -0.490 e. The molecule has 1 heterocycles. The topological polar surface area (TPSA) is 112 Å². The molecule has 0 radical (unpaired) electrons. The summed E-state index contributed by atoms with van der Waals surface area (Å²) in [4.78, 5) is 27.6. The number of aliphatic carboxylic acids is 1. The molecule has 0 saturated heterocycles. The lowest BCUT2D eigenvalue weighted by atomic mass is 9.95. The number of nitrogens with zero attached hydrogens (tertiary/aromatic N) is 2. The molecule has 192 valence electrons. The van der Waals surface area contributed by atoms with Crippen LogP contribution in [0.4, 0.5) is 18.9 Å². The van der Waals surface area contributed by atoms with Gasteiger partial charge in [-0.3, -0.25) is 14.6 Å². The Morgan fingerprint density at radius 1 is 1.14 bits per heavy atom. The van der Waals surface area contributed by atoms with Crippen LogP contribution in [0, 0.1) is 16.7 Å². The number of para-hydroxylation sites is 2. The second-order valence-corrected chi connectivity index (χ2v) is 9.08. The first-order valence-electron chi connectivity index (χ1n) is 10.8. The maximum Gasteiger partial charge on any atom is 0.433 e. The second-order valence-electron chi connectivity index (χ2n) is 8.67. The Balaban J connectivity index is 1.81. The van der Waals surface area contributed by atoms with Gasteiger partial charge in [-0.15, -0.1) is 0 Å². The number of nitriles is 1. The zero-order valence-corrected chi connectivity index (χ0v) is 20.4. The summed E-state index contributed by atoms with van der Waals surface area (Å²) in [5, 5.41) is 21.7. The van der Waals surface area contributed by atoms with E-state index in [9.17, 15) is 33.1 Å². The first-order valence-corrected chi connectivity index (χ1v) is 11.2. The van der Waals surface area contributed by atoms with E-state index in [2.05, 4.69) is 10.3 Å². The fourth-order valence-electron chi connectivity index (χ4n) is 3.16. The van der Waals surface area contributed by atoms with Gasteiger partial charge in [-0.1, -0.05) is 23.7 Å². The van der Waals surface area contributed by atoms with Crippen LogP contribution in [-0.2, 0) is 11.0 Å². The number of halogens is 4. The minimum atomic E-state index is -4.72. The molecule has 7 nitrogen and oxygen atoms in total. The lowest BCUT2D eigenvalue weighted by molar-refractivity contribution is -0.148. The number of ketones is 1. The predicted molar refractivity (Wildman–Crippen MR) is 131 cm³/mol. The van der Waals surface area contributed by atoms with Crippen molar-refractivity contribution in [1.82, 2.24) is 4.98 Å². The standard InChI is InChI=1S/C26H21ClF3N3O4/c1-25(2,24(35)36)14-37-22-6-4-3-5-20(22)32-13-21(34)15-7-8-19(27)17(9-15)18-12-33-23(26(28,29)30)10-16(18)11-31/h3-10,12,32H,13-14H2,1-2H3,(H,35,36). The normalized spacial score (nSPS) is 11.5. The van der Waals surface area contributed by atoms with Crippen LogP contribution in [-0.4, -0.2) is 35.0 Å². The number of rotatable bonds is 9. The van der Waals surface area contributed by atoms with Crippen molar-refractivity contribution in [2.24, 2.45) is 5.41 Å². The average Bonchev–Trinajstić information content (AvgIpc) is 2.85. The Kier molecular flexibility index (Phi) is 8.09. The number of aromatic nitrogens is 1. The number of Topliss-reactive ketones (excluding diaryl/α,β-unsaturated/α-hetero) is 1. The minimum absolute atomic E-state index is 0.0582. The van der Waals surface area contributed by atoms with Gasteiger partial charge in [0, 0.05) is 27.9 Å². The number of benzene rings is 2. The fraction of sp³-hybridized carbons (Fsp3) is 0.231. The van der Waals surface area contributed by atoms with E-state index in [1.165, 1.54) is 32.0 Å². The number of anilines is 1. The van der Waals surface area contributed by atoms with Gasteiger partial charge in [0.2, 0.25) is 0 Å². The Morgan fingerprint density at radius 3 is 2.49 bits per heavy atom. The molecule has 3 aromatic rings. The summed E-state index contributed by atoms with van der Waals surface area (Å²) in [7, 11) is 0. The van der Waals surface area contributed by atoms with Crippen LogP contribution < -0.4 is 10.1 Å². The van der Waals surface area contributed by atoms with Crippen molar-refractivity contribution in [3.8, 4) is 22.9 Å². The second kappa shape index (κ2) is 10.9. The molecule has 3 rings (SSSR count). The molecule has 0 bridgehead atoms. The highest BCUT2D eigenvalue weighted by atomic mass is 35.5. The molecule has 0 aliphatic carbocycles. The summed E-state index contributed by atoms with van der Waals surface area (Å²) in [5.41, 5.74) is -1.73. The molecule has 0 atom stereocenters. The summed E-state index contributed by atoms with van der Waals surface area (Å²) in [5.74, 6) is -1.04. The van der Waals surface area contributed by atoms with Gasteiger partial charge in [0.25, 0.3) is 0 Å². The van der Waals surface area contributed by atoms with Crippen molar-refractivity contribution in [3.05, 3.63) is 76.6 Å². The molecule has 37 heavy (non-hydrogen) atoms. The molecule has 0 aliphatic rings. The zero-order chi connectivity index (χ0) is 27.4. The number of nitrogens with one attached hydrogen (secondary N) is 1. The molecule has 0 aliphatic heterocycles. The highest BCUT2D eigenvalue weighted by Crippen LogP contribution is 2.35. The summed E-state index contributed by atoms with van der Waals surface area (Å²) in [6.07, 6.45) is -3.82. The van der Waals surface area contributed by atoms with Gasteiger partial charge in [0.1, 0.15) is 18.1 Å². The van der Waals surface area contributed by atoms with E-state index in [1.807, 2.05) is 0 Å². The van der Waals surface area contributed by atoms with Crippen molar-refractivity contribution in [2.45, 2.75) is 20.0 Å². The van der Waals surface area contributed by atoms with Crippen LogP contribution in [0.2, 0.25) is 5.02 Å². The summed E-state index contributed by atoms with van der Waals surface area (Å²) >= 11 is 6.24. The molecule has 0 unspecified atom stereocenters. The molecular weight excluding hydrogens is 511 g/mol. The van der Waals surface area contributed by atoms with Crippen LogP contribution in [0.5, 0.6) is 5.75 Å². The van der Waals surface area contributed by atoms with E-state index >= 15 is 0 Å². The first-order chi connectivity index (χ1) is 17.3. The van der Waals surface area contributed by atoms with Gasteiger partial charge < -0.3 is 15.2 Å². The quantitative estimate of drug-likeness (QED) is 0.322. The van der Waals surface area contributed by atoms with E-state index in [0.29, 0.717) is 17.5 Å². The largest absolute Gasteiger partial charge is 0.490 e. The Morgan fingerprint density at radius 2 is 1.84 bits per heavy atom. The number of hydrogen-bond donors (Lipinski definition) is 2. The maximum absolute atomic E-state index is 13.0. The fourth-order valence-corrected chi connectivity index (χ4v) is 3.38. The number of carboxylic acids is 1. The maximum atomic E-state index is 13.0. The van der Waals surface area contributed by atoms with E-state index in [1.54, 1.807) is 30.3 Å². The number of ether oxygens (including phenoxy) is 1. The Labute approximate surface area is 215 Å². The average molecular weight is 532 g/mol. The van der Waals surface area contributed by atoms with Gasteiger partial charge >= 0.3 is 12.1 Å². The molecule has 0 saturated carbocycles. The van der Waals surface area contributed by atoms with Crippen molar-refractivity contribution in [1.29, 1.82) is 5.26 Å². The predicted octanol–water partition coefficient (Wildman–Crippen LogP) is 6.08. The van der Waals surface area contributed by atoms with Crippen LogP contribution >= 0.6 is 11.6 Å². The van der Waals surface area contributed by atoms with E-state index in [4.69, 9.17) is 16.3 Å². The number of hydrogen-bond acceptors (Lipinski definition) is 6. The van der Waals surface area contributed by atoms with E-state index in [0.717, 1.165) is 6.20 Å². The summed E-state index contributed by atoms with van der Waals surface area (Å²) in [6.45, 7) is 2.77. The molecule has 11 heteroatoms. The van der Waals surface area contributed by atoms with Crippen molar-refractivity contribution in [2.75, 3.05) is 18.5 Å². The number of carboxylic acid groups (broad SMARTS) is 1. The van der Waals surface area contributed by atoms with Crippen LogP contribution in [0.1, 0.15) is 35.5 Å². The van der Waals surface area contributed by atoms with E-state index in [-0.39, 0.29) is 46.2 Å². The van der Waals surface area contributed by atoms with Crippen LogP contribution in [0.3, 0.4) is 0 Å². The van der Waals surface area contributed by atoms with Crippen LogP contribution in [0.25, 0.3) is 11.1 Å². The van der Waals surface area contributed by atoms with Gasteiger partial charge in [-0.05, 0) is 50.2 Å². The lowest BCUT2D eigenvalue weighted by Crippen LogP contribution is -2.30. The zero-order valence-electron chi connectivity index (χ0n) is 19.7. The van der Waals surface area contributed by atoms with Gasteiger partial charge in [-0.25, -0.2) is 0 Å². The lowest BCUT2D eigenvalue weighted by Gasteiger charge is -2.21. The highest BCUT2D eigenvalue weighted by Gasteiger charge is 2.33. The Hall–Kier alpha value is -4.10. The van der Waals surface area contributed by atoms with Crippen molar-refractivity contribution >= 4 is 29.0 Å². The monoisotopic (exact) mass is 531 g/mol. The highest BCUT2D eigenvalue weighted by molar-refractivity contribution is 6.33. The molecule has 2 N–H and O–H groups in total. The van der Waals surface area contributed by atoms with Gasteiger partial charge in [0.15, 0.2) is 5.78 Å². The first kappa shape index (κ1) is 27.5. The van der Waals surface area contributed by atoms with E-state index < -0.39 is 23.3 Å². The molecule has 0 spiro atoms. The third kappa shape index (κ3) is 6.57. The third-order valence-electron chi connectivity index (χ3n) is 5.39. The molecule has 0 fully saturated rings. The van der Waals surface area contributed by atoms with Gasteiger partial charge in [-0.2, -0.15) is 18.4 Å². The molecule has 1 aromatic heterocycles. The van der Waals surface area contributed by atoms with Crippen molar-refractivity contribution < 1.29 is 32.6 Å². The van der Waals surface area contributed by atoms with Crippen LogP contribution in [0.15, 0.2) is 54.7 Å². The molecule has 2 aromatic carbocycles. The number of alkyl halides is 3. The molecular formula is C26H21ClF3N3O4. The smallest absolute Gasteiger partial charge is 0.433 e. The number of pyridine rings is 1. The SMILES string of the molecule is CC(C)(COc1ccccc1NCC(=O)c1ccc(Cl)c(-c2cnc(C(F)(F)F)cc2C#N)c1)C(=O)O. The van der Waals surface area contributed by atoms with Crippen molar-refractivity contribution in [3.63, 3.8) is 0 Å². The number of carbonyl (C=O) groups is 2. The summed E-state index contributed by atoms with van der Waals surface area (Å²) in [6, 6.07) is 13.3. The number of carbonyl (C=O) groups excluding carboxylic acids is 1. The Bertz CT molecular complexity index is 1380. The molecule has 0 amide bonds. The summed E-state index contributed by atoms with van der Waals surface area (Å²) < 4.78 is 44.7. The van der Waals surface area contributed by atoms with Gasteiger partial charge in [0.05, 0.1) is 29.3 Å².